The fourth-order valence-electron chi connectivity index (χ4n) is 2.31. The lowest BCUT2D eigenvalue weighted by Crippen LogP contribution is -2.35. The number of carbonyl (C=O) groups excluding carboxylic acids is 1. The number of urea groups is 1. The van der Waals surface area contributed by atoms with Crippen molar-refractivity contribution in [3.8, 4) is 11.8 Å². The number of benzene rings is 1. The summed E-state index contributed by atoms with van der Waals surface area (Å²) in [5.41, 5.74) is 0.652. The fraction of sp³-hybridized carbons (Fsp3) is 0.353. The molecule has 0 saturated heterocycles. The van der Waals surface area contributed by atoms with E-state index >= 15 is 0 Å². The van der Waals surface area contributed by atoms with Crippen molar-refractivity contribution in [3.05, 3.63) is 35.9 Å². The molecule has 0 fully saturated rings. The molecule has 1 aromatic heterocycles. The summed E-state index contributed by atoms with van der Waals surface area (Å²) in [6.07, 6.45) is 2.37. The van der Waals surface area contributed by atoms with Crippen LogP contribution < -0.4 is 19.5 Å². The van der Waals surface area contributed by atoms with Gasteiger partial charge in [0.2, 0.25) is 17.7 Å². The van der Waals surface area contributed by atoms with Gasteiger partial charge in [0.1, 0.15) is 0 Å². The first-order chi connectivity index (χ1) is 12.9. The smallest absolute Gasteiger partial charge is 0.335 e. The molecular weight excluding hydrogens is 372 g/mol. The molecule has 146 valence electrons. The van der Waals surface area contributed by atoms with E-state index in [4.69, 9.17) is 9.47 Å². The van der Waals surface area contributed by atoms with Crippen LogP contribution in [0, 0.1) is 0 Å². The van der Waals surface area contributed by atoms with Gasteiger partial charge in [-0.3, -0.25) is 5.32 Å². The molecule has 27 heavy (non-hydrogen) atoms. The molecule has 0 saturated carbocycles. The predicted molar refractivity (Wildman–Crippen MR) is 99.5 cm³/mol. The van der Waals surface area contributed by atoms with Gasteiger partial charge < -0.3 is 9.47 Å². The SMILES string of the molecule is CCCCc1ccccc1S(=O)(=O)NC(=O)Nc1nc(OC)cc(OC)n1. The Morgan fingerprint density at radius 3 is 2.33 bits per heavy atom. The highest BCUT2D eigenvalue weighted by molar-refractivity contribution is 7.90. The number of amides is 2. The Kier molecular flexibility index (Phi) is 6.94. The van der Waals surface area contributed by atoms with Crippen molar-refractivity contribution in [2.24, 2.45) is 0 Å². The van der Waals surface area contributed by atoms with Crippen LogP contribution in [-0.2, 0) is 16.4 Å². The fourth-order valence-corrected chi connectivity index (χ4v) is 3.49. The summed E-state index contributed by atoms with van der Waals surface area (Å²) in [6.45, 7) is 2.02. The molecule has 0 atom stereocenters. The van der Waals surface area contributed by atoms with E-state index in [2.05, 4.69) is 15.3 Å². The highest BCUT2D eigenvalue weighted by Gasteiger charge is 2.21. The van der Waals surface area contributed by atoms with Gasteiger partial charge in [-0.15, -0.1) is 0 Å². The second kappa shape index (κ2) is 9.17. The van der Waals surface area contributed by atoms with E-state index in [0.29, 0.717) is 12.0 Å². The zero-order chi connectivity index (χ0) is 19.9. The average Bonchev–Trinajstić information content (AvgIpc) is 2.65. The van der Waals surface area contributed by atoms with Crippen molar-refractivity contribution in [1.29, 1.82) is 0 Å². The molecule has 0 unspecified atom stereocenters. The molecule has 2 aromatic rings. The summed E-state index contributed by atoms with van der Waals surface area (Å²) >= 11 is 0. The van der Waals surface area contributed by atoms with Crippen molar-refractivity contribution in [2.45, 2.75) is 31.1 Å². The van der Waals surface area contributed by atoms with Gasteiger partial charge in [0.25, 0.3) is 10.0 Å². The van der Waals surface area contributed by atoms with Gasteiger partial charge in [-0.2, -0.15) is 9.97 Å². The topological polar surface area (TPSA) is 120 Å². The molecule has 2 amide bonds. The average molecular weight is 394 g/mol. The molecule has 0 aliphatic heterocycles. The molecule has 1 heterocycles. The van der Waals surface area contributed by atoms with Crippen molar-refractivity contribution >= 4 is 22.0 Å². The number of unbranched alkanes of at least 4 members (excludes halogenated alkanes) is 1. The van der Waals surface area contributed by atoms with E-state index in [1.807, 2.05) is 11.6 Å². The van der Waals surface area contributed by atoms with Gasteiger partial charge in [0.15, 0.2) is 0 Å². The monoisotopic (exact) mass is 394 g/mol. The quantitative estimate of drug-likeness (QED) is 0.705. The standard InChI is InChI=1S/C17H22N4O5S/c1-4-5-8-12-9-6-7-10-13(12)27(23,24)21-17(22)20-16-18-14(25-2)11-15(19-16)26-3/h6-7,9-11H,4-5,8H2,1-3H3,(H2,18,19,20,21,22). The Morgan fingerprint density at radius 1 is 1.11 bits per heavy atom. The van der Waals surface area contributed by atoms with Crippen LogP contribution in [-0.4, -0.2) is 38.6 Å². The maximum absolute atomic E-state index is 12.6. The lowest BCUT2D eigenvalue weighted by molar-refractivity contribution is 0.256. The molecule has 9 nitrogen and oxygen atoms in total. The number of anilines is 1. The zero-order valence-corrected chi connectivity index (χ0v) is 16.2. The van der Waals surface area contributed by atoms with E-state index < -0.39 is 16.1 Å². The number of ether oxygens (including phenoxy) is 2. The molecule has 0 bridgehead atoms. The Hall–Kier alpha value is -2.88. The summed E-state index contributed by atoms with van der Waals surface area (Å²) in [5, 5.41) is 2.27. The largest absolute Gasteiger partial charge is 0.481 e. The summed E-state index contributed by atoms with van der Waals surface area (Å²) in [7, 11) is -1.27. The number of nitrogens with zero attached hydrogens (tertiary/aromatic N) is 2. The summed E-state index contributed by atoms with van der Waals surface area (Å²) in [6, 6.07) is 7.00. The van der Waals surface area contributed by atoms with Crippen LogP contribution in [0.3, 0.4) is 0 Å². The van der Waals surface area contributed by atoms with E-state index in [1.54, 1.807) is 18.2 Å². The van der Waals surface area contributed by atoms with Gasteiger partial charge in [0.05, 0.1) is 25.2 Å². The molecule has 2 rings (SSSR count). The Balaban J connectivity index is 2.18. The van der Waals surface area contributed by atoms with Crippen molar-refractivity contribution in [3.63, 3.8) is 0 Å². The molecule has 0 radical (unpaired) electrons. The van der Waals surface area contributed by atoms with Crippen LogP contribution in [0.15, 0.2) is 35.2 Å². The van der Waals surface area contributed by atoms with Crippen LogP contribution in [0.4, 0.5) is 10.7 Å². The minimum Gasteiger partial charge on any atom is -0.481 e. The van der Waals surface area contributed by atoms with Gasteiger partial charge in [-0.25, -0.2) is 17.9 Å². The van der Waals surface area contributed by atoms with Crippen LogP contribution in [0.1, 0.15) is 25.3 Å². The third kappa shape index (κ3) is 5.55. The Morgan fingerprint density at radius 2 is 1.74 bits per heavy atom. The van der Waals surface area contributed by atoms with Gasteiger partial charge in [-0.1, -0.05) is 31.5 Å². The van der Waals surface area contributed by atoms with Gasteiger partial charge >= 0.3 is 6.03 Å². The van der Waals surface area contributed by atoms with E-state index in [1.165, 1.54) is 26.4 Å². The number of sulfonamides is 1. The van der Waals surface area contributed by atoms with Crippen LogP contribution >= 0.6 is 0 Å². The summed E-state index contributed by atoms with van der Waals surface area (Å²) in [4.78, 5) is 20.1. The lowest BCUT2D eigenvalue weighted by Gasteiger charge is -2.12. The van der Waals surface area contributed by atoms with Crippen LogP contribution in [0.5, 0.6) is 11.8 Å². The number of aryl methyl sites for hydroxylation is 1. The maximum atomic E-state index is 12.6. The Bertz CT molecular complexity index is 880. The van der Waals surface area contributed by atoms with E-state index in [0.717, 1.165) is 12.8 Å². The molecule has 2 N–H and O–H groups in total. The first-order valence-corrected chi connectivity index (χ1v) is 9.76. The minimum atomic E-state index is -4.05. The number of carbonyl (C=O) groups is 1. The predicted octanol–water partition coefficient (Wildman–Crippen LogP) is 2.35. The van der Waals surface area contributed by atoms with Crippen LogP contribution in [0.25, 0.3) is 0 Å². The highest BCUT2D eigenvalue weighted by Crippen LogP contribution is 2.19. The molecule has 0 aliphatic carbocycles. The minimum absolute atomic E-state index is 0.0674. The summed E-state index contributed by atoms with van der Waals surface area (Å²) in [5.74, 6) is 0.160. The second-order valence-electron chi connectivity index (χ2n) is 5.55. The zero-order valence-electron chi connectivity index (χ0n) is 15.4. The number of hydrogen-bond donors (Lipinski definition) is 2. The third-order valence-corrected chi connectivity index (χ3v) is 5.04. The summed E-state index contributed by atoms with van der Waals surface area (Å²) < 4.78 is 37.1. The molecule has 0 spiro atoms. The molecule has 10 heteroatoms. The number of nitrogens with one attached hydrogen (secondary N) is 2. The Labute approximate surface area is 158 Å². The molecule has 0 aliphatic rings. The molecular formula is C17H22N4O5S. The van der Waals surface area contributed by atoms with Crippen molar-refractivity contribution < 1.29 is 22.7 Å². The van der Waals surface area contributed by atoms with E-state index in [-0.39, 0.29) is 22.6 Å². The van der Waals surface area contributed by atoms with E-state index in [9.17, 15) is 13.2 Å². The lowest BCUT2D eigenvalue weighted by atomic mass is 10.1. The maximum Gasteiger partial charge on any atom is 0.335 e. The number of rotatable bonds is 8. The molecule has 1 aromatic carbocycles. The normalized spacial score (nSPS) is 10.9. The van der Waals surface area contributed by atoms with Crippen LogP contribution in [0.2, 0.25) is 0 Å². The number of methoxy groups -OCH3 is 2. The van der Waals surface area contributed by atoms with Gasteiger partial charge in [0, 0.05) is 0 Å². The first kappa shape index (κ1) is 20.4. The van der Waals surface area contributed by atoms with Crippen molar-refractivity contribution in [1.82, 2.24) is 14.7 Å². The first-order valence-electron chi connectivity index (χ1n) is 8.28. The highest BCUT2D eigenvalue weighted by atomic mass is 32.2. The second-order valence-corrected chi connectivity index (χ2v) is 7.20. The third-order valence-electron chi connectivity index (χ3n) is 3.61. The van der Waals surface area contributed by atoms with Crippen molar-refractivity contribution in [2.75, 3.05) is 19.5 Å². The van der Waals surface area contributed by atoms with Gasteiger partial charge in [-0.05, 0) is 24.5 Å². The number of hydrogen-bond acceptors (Lipinski definition) is 7. The number of aromatic nitrogens is 2.